The molecule has 17 heavy (non-hydrogen) atoms. The van der Waals surface area contributed by atoms with Gasteiger partial charge in [0.2, 0.25) is 4.38 Å². The molecule has 0 aliphatic heterocycles. The second-order valence-electron chi connectivity index (χ2n) is 3.40. The molecule has 0 N–H and O–H groups in total. The molecule has 0 spiro atoms. The predicted molar refractivity (Wildman–Crippen MR) is 77.9 cm³/mol. The summed E-state index contributed by atoms with van der Waals surface area (Å²) in [6.45, 7) is 3.36. The summed E-state index contributed by atoms with van der Waals surface area (Å²) in [5, 5.41) is 0. The van der Waals surface area contributed by atoms with Gasteiger partial charge < -0.3 is 9.47 Å². The lowest BCUT2D eigenvalue weighted by molar-refractivity contribution is 0.310. The van der Waals surface area contributed by atoms with Crippen LogP contribution in [-0.2, 0) is 4.74 Å². The van der Waals surface area contributed by atoms with Crippen LogP contribution in [0.15, 0.2) is 30.3 Å². The first-order valence-electron chi connectivity index (χ1n) is 5.80. The Morgan fingerprint density at radius 3 is 2.71 bits per heavy atom. The molecular weight excluding hydrogens is 252 g/mol. The molecule has 1 rings (SSSR count). The molecule has 2 nitrogen and oxygen atoms in total. The van der Waals surface area contributed by atoms with Gasteiger partial charge in [-0.1, -0.05) is 30.0 Å². The van der Waals surface area contributed by atoms with E-state index in [4.69, 9.17) is 21.7 Å². The van der Waals surface area contributed by atoms with Gasteiger partial charge in [0.05, 0.1) is 13.2 Å². The van der Waals surface area contributed by atoms with Crippen molar-refractivity contribution in [3.63, 3.8) is 0 Å². The van der Waals surface area contributed by atoms with E-state index in [-0.39, 0.29) is 0 Å². The average molecular weight is 270 g/mol. The number of rotatable bonds is 7. The van der Waals surface area contributed by atoms with Gasteiger partial charge in [0, 0.05) is 5.75 Å². The Morgan fingerprint density at radius 1 is 1.24 bits per heavy atom. The molecule has 1 aromatic carbocycles. The minimum Gasteiger partial charge on any atom is -0.494 e. The van der Waals surface area contributed by atoms with Gasteiger partial charge in [-0.15, -0.1) is 0 Å². The number of thiocarbonyl (C=S) groups is 1. The van der Waals surface area contributed by atoms with Crippen molar-refractivity contribution < 1.29 is 9.47 Å². The lowest BCUT2D eigenvalue weighted by Gasteiger charge is -2.06. The molecular formula is C13H18O2S2. The molecule has 0 unspecified atom stereocenters. The average Bonchev–Trinajstić information content (AvgIpc) is 2.35. The summed E-state index contributed by atoms with van der Waals surface area (Å²) in [5.74, 6) is 1.93. The zero-order chi connectivity index (χ0) is 12.3. The first kappa shape index (κ1) is 14.3. The van der Waals surface area contributed by atoms with Crippen molar-refractivity contribution in [2.45, 2.75) is 19.8 Å². The van der Waals surface area contributed by atoms with E-state index in [0.29, 0.717) is 11.0 Å². The molecule has 0 aliphatic rings. The van der Waals surface area contributed by atoms with E-state index in [2.05, 4.69) is 0 Å². The zero-order valence-corrected chi connectivity index (χ0v) is 11.7. The fourth-order valence-corrected chi connectivity index (χ4v) is 2.31. The molecule has 0 atom stereocenters. The Labute approximate surface area is 113 Å². The van der Waals surface area contributed by atoms with Gasteiger partial charge in [-0.25, -0.2) is 0 Å². The normalized spacial score (nSPS) is 9.94. The summed E-state index contributed by atoms with van der Waals surface area (Å²) in [4.78, 5) is 0. The van der Waals surface area contributed by atoms with Crippen molar-refractivity contribution >= 4 is 28.4 Å². The SMILES string of the molecule is CCOC(=S)SCCCCOc1ccccc1. The number of benzene rings is 1. The van der Waals surface area contributed by atoms with Crippen LogP contribution in [0, 0.1) is 0 Å². The van der Waals surface area contributed by atoms with Crippen LogP contribution < -0.4 is 4.74 Å². The van der Waals surface area contributed by atoms with Crippen molar-refractivity contribution in [1.29, 1.82) is 0 Å². The molecule has 0 saturated heterocycles. The van der Waals surface area contributed by atoms with Crippen molar-refractivity contribution in [3.8, 4) is 5.75 Å². The van der Waals surface area contributed by atoms with Crippen LogP contribution in [0.4, 0.5) is 0 Å². The van der Waals surface area contributed by atoms with Gasteiger partial charge in [0.1, 0.15) is 5.75 Å². The van der Waals surface area contributed by atoms with E-state index in [9.17, 15) is 0 Å². The third-order valence-electron chi connectivity index (χ3n) is 2.03. The number of unbranched alkanes of at least 4 members (excludes halogenated alkanes) is 1. The highest BCUT2D eigenvalue weighted by atomic mass is 32.2. The number of para-hydroxylation sites is 1. The lowest BCUT2D eigenvalue weighted by Crippen LogP contribution is -2.00. The van der Waals surface area contributed by atoms with E-state index in [0.717, 1.165) is 31.0 Å². The van der Waals surface area contributed by atoms with Crippen LogP contribution in [0.1, 0.15) is 19.8 Å². The highest BCUT2D eigenvalue weighted by Crippen LogP contribution is 2.11. The second kappa shape index (κ2) is 9.31. The fraction of sp³-hybridized carbons (Fsp3) is 0.462. The van der Waals surface area contributed by atoms with Crippen molar-refractivity contribution in [3.05, 3.63) is 30.3 Å². The molecule has 1 aromatic rings. The maximum atomic E-state index is 5.59. The van der Waals surface area contributed by atoms with Crippen LogP contribution in [-0.4, -0.2) is 23.3 Å². The van der Waals surface area contributed by atoms with Gasteiger partial charge in [-0.2, -0.15) is 0 Å². The molecule has 94 valence electrons. The molecule has 0 heterocycles. The number of hydrogen-bond donors (Lipinski definition) is 0. The standard InChI is InChI=1S/C13H18O2S2/c1-2-14-13(16)17-11-7-6-10-15-12-8-4-3-5-9-12/h3-5,8-9H,2,6-7,10-11H2,1H3. The van der Waals surface area contributed by atoms with Crippen molar-refractivity contribution in [2.75, 3.05) is 19.0 Å². The monoisotopic (exact) mass is 270 g/mol. The van der Waals surface area contributed by atoms with Crippen LogP contribution in [0.25, 0.3) is 0 Å². The highest BCUT2D eigenvalue weighted by Gasteiger charge is 1.97. The summed E-state index contributed by atoms with van der Waals surface area (Å²) in [6, 6.07) is 9.88. The number of hydrogen-bond acceptors (Lipinski definition) is 4. The largest absolute Gasteiger partial charge is 0.494 e. The van der Waals surface area contributed by atoms with Crippen LogP contribution in [0.5, 0.6) is 5.75 Å². The van der Waals surface area contributed by atoms with Crippen LogP contribution >= 0.6 is 24.0 Å². The maximum absolute atomic E-state index is 5.59. The Hall–Kier alpha value is -0.740. The summed E-state index contributed by atoms with van der Waals surface area (Å²) in [6.07, 6.45) is 2.13. The van der Waals surface area contributed by atoms with Crippen molar-refractivity contribution in [2.24, 2.45) is 0 Å². The Kier molecular flexibility index (Phi) is 7.84. The molecule has 4 heteroatoms. The Bertz CT molecular complexity index is 314. The van der Waals surface area contributed by atoms with Crippen LogP contribution in [0.2, 0.25) is 0 Å². The summed E-state index contributed by atoms with van der Waals surface area (Å²) < 4.78 is 11.4. The third-order valence-corrected chi connectivity index (χ3v) is 3.35. The smallest absolute Gasteiger partial charge is 0.219 e. The number of thioether (sulfide) groups is 1. The predicted octanol–water partition coefficient (Wildman–Crippen LogP) is 3.90. The van der Waals surface area contributed by atoms with Crippen LogP contribution in [0.3, 0.4) is 0 Å². The fourth-order valence-electron chi connectivity index (χ4n) is 1.23. The zero-order valence-electron chi connectivity index (χ0n) is 10.1. The van der Waals surface area contributed by atoms with Gasteiger partial charge in [0.15, 0.2) is 0 Å². The topological polar surface area (TPSA) is 18.5 Å². The molecule has 0 fully saturated rings. The van der Waals surface area contributed by atoms with E-state index < -0.39 is 0 Å². The molecule has 0 aromatic heterocycles. The van der Waals surface area contributed by atoms with E-state index in [1.807, 2.05) is 37.3 Å². The second-order valence-corrected chi connectivity index (χ2v) is 5.10. The first-order valence-corrected chi connectivity index (χ1v) is 7.19. The number of ether oxygens (including phenoxy) is 2. The Balaban J connectivity index is 1.96. The summed E-state index contributed by atoms with van der Waals surface area (Å²) in [7, 11) is 0. The van der Waals surface area contributed by atoms with Gasteiger partial charge >= 0.3 is 0 Å². The molecule has 0 aliphatic carbocycles. The maximum Gasteiger partial charge on any atom is 0.219 e. The highest BCUT2D eigenvalue weighted by molar-refractivity contribution is 8.22. The van der Waals surface area contributed by atoms with E-state index in [1.54, 1.807) is 11.8 Å². The summed E-state index contributed by atoms with van der Waals surface area (Å²) in [5.41, 5.74) is 0. The molecule has 0 saturated carbocycles. The third kappa shape index (κ3) is 7.23. The van der Waals surface area contributed by atoms with Crippen molar-refractivity contribution in [1.82, 2.24) is 0 Å². The first-order chi connectivity index (χ1) is 8.33. The Morgan fingerprint density at radius 2 is 2.00 bits per heavy atom. The minimum atomic E-state index is 0.650. The summed E-state index contributed by atoms with van der Waals surface area (Å²) >= 11 is 6.62. The minimum absolute atomic E-state index is 0.650. The molecule has 0 radical (unpaired) electrons. The van der Waals surface area contributed by atoms with Gasteiger partial charge in [-0.3, -0.25) is 0 Å². The van der Waals surface area contributed by atoms with Gasteiger partial charge in [-0.05, 0) is 44.1 Å². The van der Waals surface area contributed by atoms with E-state index >= 15 is 0 Å². The van der Waals surface area contributed by atoms with E-state index in [1.165, 1.54) is 0 Å². The van der Waals surface area contributed by atoms with Gasteiger partial charge in [0.25, 0.3) is 0 Å². The molecule has 0 bridgehead atoms. The molecule has 0 amide bonds. The lowest BCUT2D eigenvalue weighted by atomic mass is 10.3. The quantitative estimate of drug-likeness (QED) is 0.552.